The molecule has 0 aliphatic carbocycles. The third-order valence-electron chi connectivity index (χ3n) is 2.21. The summed E-state index contributed by atoms with van der Waals surface area (Å²) in [5, 5.41) is 5.45. The SMILES string of the molecule is CC(C)NC(=O)CCNC(=O)C(C)(C)CN. The highest BCUT2D eigenvalue weighted by Gasteiger charge is 2.25. The fourth-order valence-electron chi connectivity index (χ4n) is 1.02. The molecule has 0 saturated carbocycles. The second-order valence-electron chi connectivity index (χ2n) is 4.82. The maximum atomic E-state index is 11.6. The van der Waals surface area contributed by atoms with E-state index in [9.17, 15) is 9.59 Å². The molecular formula is C11H23N3O2. The van der Waals surface area contributed by atoms with Crippen molar-refractivity contribution in [1.29, 1.82) is 0 Å². The second-order valence-corrected chi connectivity index (χ2v) is 4.82. The summed E-state index contributed by atoms with van der Waals surface area (Å²) in [4.78, 5) is 22.8. The number of amides is 2. The van der Waals surface area contributed by atoms with E-state index in [1.165, 1.54) is 0 Å². The molecule has 16 heavy (non-hydrogen) atoms. The molecule has 0 heterocycles. The fraction of sp³-hybridized carbons (Fsp3) is 0.818. The molecule has 0 spiro atoms. The third kappa shape index (κ3) is 5.70. The lowest BCUT2D eigenvalue weighted by atomic mass is 9.93. The molecule has 0 radical (unpaired) electrons. The summed E-state index contributed by atoms with van der Waals surface area (Å²) >= 11 is 0. The summed E-state index contributed by atoms with van der Waals surface area (Å²) in [5.74, 6) is -0.173. The van der Waals surface area contributed by atoms with Crippen LogP contribution in [-0.4, -0.2) is 30.9 Å². The van der Waals surface area contributed by atoms with Gasteiger partial charge in [0.25, 0.3) is 0 Å². The molecule has 5 heteroatoms. The largest absolute Gasteiger partial charge is 0.355 e. The maximum Gasteiger partial charge on any atom is 0.226 e. The van der Waals surface area contributed by atoms with Crippen LogP contribution in [0, 0.1) is 5.41 Å². The fourth-order valence-corrected chi connectivity index (χ4v) is 1.02. The minimum absolute atomic E-state index is 0.0548. The van der Waals surface area contributed by atoms with E-state index >= 15 is 0 Å². The minimum atomic E-state index is -0.575. The van der Waals surface area contributed by atoms with Crippen LogP contribution in [0.25, 0.3) is 0 Å². The molecule has 4 N–H and O–H groups in total. The number of carbonyl (C=O) groups excluding carboxylic acids is 2. The zero-order valence-corrected chi connectivity index (χ0v) is 10.6. The third-order valence-corrected chi connectivity index (χ3v) is 2.21. The first-order chi connectivity index (χ1) is 7.29. The zero-order chi connectivity index (χ0) is 12.8. The molecular weight excluding hydrogens is 206 g/mol. The van der Waals surface area contributed by atoms with Gasteiger partial charge in [-0.25, -0.2) is 0 Å². The van der Waals surface area contributed by atoms with Crippen molar-refractivity contribution in [3.05, 3.63) is 0 Å². The van der Waals surface area contributed by atoms with Crippen LogP contribution in [0.4, 0.5) is 0 Å². The smallest absolute Gasteiger partial charge is 0.226 e. The molecule has 5 nitrogen and oxygen atoms in total. The molecule has 0 unspecified atom stereocenters. The van der Waals surface area contributed by atoms with Gasteiger partial charge in [0.05, 0.1) is 5.41 Å². The first-order valence-corrected chi connectivity index (χ1v) is 5.57. The molecule has 0 rings (SSSR count). The molecule has 0 aromatic carbocycles. The Morgan fingerprint density at radius 3 is 2.31 bits per heavy atom. The second kappa shape index (κ2) is 6.48. The first kappa shape index (κ1) is 14.9. The number of nitrogens with two attached hydrogens (primary N) is 1. The summed E-state index contributed by atoms with van der Waals surface area (Å²) < 4.78 is 0. The maximum absolute atomic E-state index is 11.6. The Kier molecular flexibility index (Phi) is 6.03. The summed E-state index contributed by atoms with van der Waals surface area (Å²) in [6.07, 6.45) is 0.296. The van der Waals surface area contributed by atoms with E-state index in [0.29, 0.717) is 13.0 Å². The Balaban J connectivity index is 3.83. The van der Waals surface area contributed by atoms with E-state index in [0.717, 1.165) is 0 Å². The van der Waals surface area contributed by atoms with Crippen LogP contribution in [0.5, 0.6) is 0 Å². The lowest BCUT2D eigenvalue weighted by Gasteiger charge is -2.21. The Hall–Kier alpha value is -1.10. The van der Waals surface area contributed by atoms with Crippen LogP contribution in [0.15, 0.2) is 0 Å². The highest BCUT2D eigenvalue weighted by atomic mass is 16.2. The van der Waals surface area contributed by atoms with Crippen molar-refractivity contribution in [3.8, 4) is 0 Å². The van der Waals surface area contributed by atoms with E-state index in [4.69, 9.17) is 5.73 Å². The van der Waals surface area contributed by atoms with Gasteiger partial charge in [-0.3, -0.25) is 9.59 Å². The molecule has 94 valence electrons. The van der Waals surface area contributed by atoms with Gasteiger partial charge in [0, 0.05) is 25.6 Å². The molecule has 0 aliphatic rings. The van der Waals surface area contributed by atoms with Crippen LogP contribution in [0.2, 0.25) is 0 Å². The number of nitrogens with one attached hydrogen (secondary N) is 2. The molecule has 0 aliphatic heterocycles. The molecule has 0 bridgehead atoms. The van der Waals surface area contributed by atoms with Crippen molar-refractivity contribution in [2.24, 2.45) is 11.1 Å². The normalized spacial score (nSPS) is 11.4. The van der Waals surface area contributed by atoms with Crippen LogP contribution in [0.1, 0.15) is 34.1 Å². The standard InChI is InChI=1S/C11H23N3O2/c1-8(2)14-9(15)5-6-13-10(16)11(3,4)7-12/h8H,5-7,12H2,1-4H3,(H,13,16)(H,14,15). The van der Waals surface area contributed by atoms with Gasteiger partial charge < -0.3 is 16.4 Å². The van der Waals surface area contributed by atoms with Crippen LogP contribution in [0.3, 0.4) is 0 Å². The summed E-state index contributed by atoms with van der Waals surface area (Å²) in [5.41, 5.74) is 4.89. The van der Waals surface area contributed by atoms with E-state index in [-0.39, 0.29) is 24.4 Å². The van der Waals surface area contributed by atoms with Gasteiger partial charge in [-0.05, 0) is 27.7 Å². The zero-order valence-electron chi connectivity index (χ0n) is 10.6. The van der Waals surface area contributed by atoms with Gasteiger partial charge in [0.2, 0.25) is 11.8 Å². The lowest BCUT2D eigenvalue weighted by molar-refractivity contribution is -0.129. The number of hydrogen-bond acceptors (Lipinski definition) is 3. The Labute approximate surface area is 97.2 Å². The molecule has 0 saturated heterocycles. The van der Waals surface area contributed by atoms with Gasteiger partial charge in [0.15, 0.2) is 0 Å². The van der Waals surface area contributed by atoms with Crippen molar-refractivity contribution < 1.29 is 9.59 Å². The number of hydrogen-bond donors (Lipinski definition) is 3. The van der Waals surface area contributed by atoms with E-state index in [2.05, 4.69) is 10.6 Å². The topological polar surface area (TPSA) is 84.2 Å². The Morgan fingerprint density at radius 1 is 1.31 bits per heavy atom. The molecule has 0 aromatic heterocycles. The van der Waals surface area contributed by atoms with Crippen molar-refractivity contribution in [2.45, 2.75) is 40.2 Å². The monoisotopic (exact) mass is 229 g/mol. The van der Waals surface area contributed by atoms with Crippen LogP contribution >= 0.6 is 0 Å². The Bertz CT molecular complexity index is 250. The van der Waals surface area contributed by atoms with Crippen molar-refractivity contribution >= 4 is 11.8 Å². The predicted molar refractivity (Wildman–Crippen MR) is 63.7 cm³/mol. The van der Waals surface area contributed by atoms with Crippen molar-refractivity contribution in [2.75, 3.05) is 13.1 Å². The van der Waals surface area contributed by atoms with Gasteiger partial charge in [0.1, 0.15) is 0 Å². The van der Waals surface area contributed by atoms with Crippen LogP contribution in [-0.2, 0) is 9.59 Å². The van der Waals surface area contributed by atoms with Crippen molar-refractivity contribution in [3.63, 3.8) is 0 Å². The summed E-state index contributed by atoms with van der Waals surface area (Å²) in [6, 6.07) is 0.128. The molecule has 0 aromatic rings. The first-order valence-electron chi connectivity index (χ1n) is 5.57. The van der Waals surface area contributed by atoms with E-state index < -0.39 is 5.41 Å². The van der Waals surface area contributed by atoms with Crippen LogP contribution < -0.4 is 16.4 Å². The average Bonchev–Trinajstić information content (AvgIpc) is 2.16. The van der Waals surface area contributed by atoms with Gasteiger partial charge in [-0.15, -0.1) is 0 Å². The van der Waals surface area contributed by atoms with Gasteiger partial charge >= 0.3 is 0 Å². The predicted octanol–water partition coefficient (Wildman–Crippen LogP) is 0.00220. The molecule has 0 atom stereocenters. The highest BCUT2D eigenvalue weighted by Crippen LogP contribution is 2.11. The molecule has 0 fully saturated rings. The number of carbonyl (C=O) groups is 2. The van der Waals surface area contributed by atoms with E-state index in [1.54, 1.807) is 13.8 Å². The number of rotatable bonds is 6. The lowest BCUT2D eigenvalue weighted by Crippen LogP contribution is -2.43. The highest BCUT2D eigenvalue weighted by molar-refractivity contribution is 5.83. The Morgan fingerprint density at radius 2 is 1.88 bits per heavy atom. The van der Waals surface area contributed by atoms with E-state index in [1.807, 2.05) is 13.8 Å². The quantitative estimate of drug-likeness (QED) is 0.599. The summed E-state index contributed by atoms with van der Waals surface area (Å²) in [7, 11) is 0. The minimum Gasteiger partial charge on any atom is -0.355 e. The van der Waals surface area contributed by atoms with Gasteiger partial charge in [-0.1, -0.05) is 0 Å². The summed E-state index contributed by atoms with van der Waals surface area (Å²) in [6.45, 7) is 7.98. The van der Waals surface area contributed by atoms with Crippen molar-refractivity contribution in [1.82, 2.24) is 10.6 Å². The average molecular weight is 229 g/mol. The van der Waals surface area contributed by atoms with Gasteiger partial charge in [-0.2, -0.15) is 0 Å². The molecule has 2 amide bonds.